The predicted octanol–water partition coefficient (Wildman–Crippen LogP) is 4.08. The lowest BCUT2D eigenvalue weighted by molar-refractivity contribution is 0.297. The van der Waals surface area contributed by atoms with Crippen molar-refractivity contribution < 1.29 is 13.9 Å². The van der Waals surface area contributed by atoms with Gasteiger partial charge < -0.3 is 20.5 Å². The van der Waals surface area contributed by atoms with Crippen molar-refractivity contribution in [3.8, 4) is 11.5 Å². The highest BCUT2D eigenvalue weighted by Crippen LogP contribution is 2.35. The van der Waals surface area contributed by atoms with Gasteiger partial charge in [-0.05, 0) is 34.1 Å². The minimum absolute atomic E-state index is 0.336. The van der Waals surface area contributed by atoms with E-state index in [1.165, 1.54) is 6.07 Å². The van der Waals surface area contributed by atoms with Crippen molar-refractivity contribution in [2.45, 2.75) is 6.42 Å². The standard InChI is InChI=1S/C15H14BrFN2O2/c16-10-7-13(12(18)8-11(10)17)19-9-2-3-14-15(6-9)21-5-1-4-20-14/h2-3,6-8,19H,1,4-5,18H2. The van der Waals surface area contributed by atoms with Crippen LogP contribution in [0.4, 0.5) is 21.5 Å². The number of benzene rings is 2. The Kier molecular flexibility index (Phi) is 3.88. The fourth-order valence-electron chi connectivity index (χ4n) is 2.07. The summed E-state index contributed by atoms with van der Waals surface area (Å²) in [5.74, 6) is 1.03. The molecule has 1 aliphatic rings. The van der Waals surface area contributed by atoms with Gasteiger partial charge in [0.05, 0.1) is 29.1 Å². The van der Waals surface area contributed by atoms with E-state index in [1.54, 1.807) is 6.07 Å². The topological polar surface area (TPSA) is 56.5 Å². The Morgan fingerprint density at radius 1 is 1.10 bits per heavy atom. The van der Waals surface area contributed by atoms with E-state index in [9.17, 15) is 4.39 Å². The van der Waals surface area contributed by atoms with Gasteiger partial charge in [-0.2, -0.15) is 0 Å². The highest BCUT2D eigenvalue weighted by atomic mass is 79.9. The van der Waals surface area contributed by atoms with Crippen LogP contribution in [-0.2, 0) is 0 Å². The van der Waals surface area contributed by atoms with Gasteiger partial charge in [-0.15, -0.1) is 0 Å². The summed E-state index contributed by atoms with van der Waals surface area (Å²) < 4.78 is 24.9. The molecule has 110 valence electrons. The number of rotatable bonds is 2. The van der Waals surface area contributed by atoms with Crippen LogP contribution < -0.4 is 20.5 Å². The fourth-order valence-corrected chi connectivity index (χ4v) is 2.41. The summed E-state index contributed by atoms with van der Waals surface area (Å²) in [6.07, 6.45) is 0.856. The number of halogens is 2. The molecule has 0 amide bonds. The molecule has 6 heteroatoms. The number of nitrogens with two attached hydrogens (primary N) is 1. The van der Waals surface area contributed by atoms with Crippen LogP contribution in [0, 0.1) is 5.82 Å². The van der Waals surface area contributed by atoms with Crippen LogP contribution in [0.1, 0.15) is 6.42 Å². The molecule has 4 nitrogen and oxygen atoms in total. The van der Waals surface area contributed by atoms with Gasteiger partial charge in [-0.1, -0.05) is 0 Å². The maximum Gasteiger partial charge on any atom is 0.163 e. The van der Waals surface area contributed by atoms with Gasteiger partial charge in [0.1, 0.15) is 5.82 Å². The molecule has 1 heterocycles. The lowest BCUT2D eigenvalue weighted by Crippen LogP contribution is -1.99. The van der Waals surface area contributed by atoms with E-state index in [0.29, 0.717) is 34.8 Å². The fraction of sp³-hybridized carbons (Fsp3) is 0.200. The average Bonchev–Trinajstić information content (AvgIpc) is 2.69. The first-order valence-corrected chi connectivity index (χ1v) is 7.34. The van der Waals surface area contributed by atoms with E-state index < -0.39 is 5.82 Å². The SMILES string of the molecule is Nc1cc(F)c(Br)cc1Nc1ccc2c(c1)OCCCO2. The molecule has 0 radical (unpaired) electrons. The summed E-state index contributed by atoms with van der Waals surface area (Å²) in [5.41, 5.74) is 7.58. The number of hydrogen-bond donors (Lipinski definition) is 2. The molecule has 0 aromatic heterocycles. The predicted molar refractivity (Wildman–Crippen MR) is 83.8 cm³/mol. The molecule has 0 aliphatic carbocycles. The molecule has 0 unspecified atom stereocenters. The monoisotopic (exact) mass is 352 g/mol. The van der Waals surface area contributed by atoms with E-state index in [0.717, 1.165) is 17.9 Å². The van der Waals surface area contributed by atoms with Crippen molar-refractivity contribution >= 4 is 33.0 Å². The van der Waals surface area contributed by atoms with Gasteiger partial charge in [-0.25, -0.2) is 4.39 Å². The molecule has 1 aliphatic heterocycles. The van der Waals surface area contributed by atoms with E-state index >= 15 is 0 Å². The summed E-state index contributed by atoms with van der Waals surface area (Å²) in [6.45, 7) is 1.28. The minimum Gasteiger partial charge on any atom is -0.490 e. The third-order valence-electron chi connectivity index (χ3n) is 3.12. The molecular formula is C15H14BrFN2O2. The quantitative estimate of drug-likeness (QED) is 0.799. The first kappa shape index (κ1) is 14.0. The molecule has 2 aromatic rings. The Morgan fingerprint density at radius 3 is 2.67 bits per heavy atom. The third-order valence-corrected chi connectivity index (χ3v) is 3.73. The van der Waals surface area contributed by atoms with Crippen LogP contribution in [-0.4, -0.2) is 13.2 Å². The van der Waals surface area contributed by atoms with Gasteiger partial charge in [0.2, 0.25) is 0 Å². The van der Waals surface area contributed by atoms with E-state index in [1.807, 2.05) is 18.2 Å². The molecule has 3 rings (SSSR count). The van der Waals surface area contributed by atoms with Crippen LogP contribution >= 0.6 is 15.9 Å². The van der Waals surface area contributed by atoms with Crippen molar-refractivity contribution in [2.75, 3.05) is 24.3 Å². The lowest BCUT2D eigenvalue weighted by atomic mass is 10.2. The summed E-state index contributed by atoms with van der Waals surface area (Å²) in [7, 11) is 0. The first-order chi connectivity index (χ1) is 10.1. The molecule has 3 N–H and O–H groups in total. The molecule has 0 bridgehead atoms. The Morgan fingerprint density at radius 2 is 1.86 bits per heavy atom. The molecular weight excluding hydrogens is 339 g/mol. The summed E-state index contributed by atoms with van der Waals surface area (Å²) in [6, 6.07) is 8.43. The minimum atomic E-state index is -0.392. The zero-order chi connectivity index (χ0) is 14.8. The maximum atomic E-state index is 13.4. The average molecular weight is 353 g/mol. The zero-order valence-electron chi connectivity index (χ0n) is 11.2. The van der Waals surface area contributed by atoms with E-state index in [2.05, 4.69) is 21.2 Å². The Balaban J connectivity index is 1.88. The molecule has 0 saturated carbocycles. The van der Waals surface area contributed by atoms with Crippen molar-refractivity contribution in [3.63, 3.8) is 0 Å². The lowest BCUT2D eigenvalue weighted by Gasteiger charge is -2.13. The number of fused-ring (bicyclic) bond motifs is 1. The number of ether oxygens (including phenoxy) is 2. The van der Waals surface area contributed by atoms with Gasteiger partial charge in [0, 0.05) is 24.2 Å². The largest absolute Gasteiger partial charge is 0.490 e. The van der Waals surface area contributed by atoms with E-state index in [4.69, 9.17) is 15.2 Å². The van der Waals surface area contributed by atoms with Crippen LogP contribution in [0.2, 0.25) is 0 Å². The zero-order valence-corrected chi connectivity index (χ0v) is 12.7. The third kappa shape index (κ3) is 3.05. The summed E-state index contributed by atoms with van der Waals surface area (Å²) in [5, 5.41) is 3.15. The van der Waals surface area contributed by atoms with Crippen molar-refractivity contribution in [1.29, 1.82) is 0 Å². The number of nitrogen functional groups attached to an aromatic ring is 1. The van der Waals surface area contributed by atoms with Gasteiger partial charge in [0.15, 0.2) is 11.5 Å². The van der Waals surface area contributed by atoms with Crippen LogP contribution in [0.5, 0.6) is 11.5 Å². The first-order valence-electron chi connectivity index (χ1n) is 6.54. The normalized spacial score (nSPS) is 13.6. The second kappa shape index (κ2) is 5.81. The highest BCUT2D eigenvalue weighted by molar-refractivity contribution is 9.10. The second-order valence-electron chi connectivity index (χ2n) is 4.69. The highest BCUT2D eigenvalue weighted by Gasteiger charge is 2.12. The molecule has 0 saturated heterocycles. The molecule has 21 heavy (non-hydrogen) atoms. The van der Waals surface area contributed by atoms with Gasteiger partial charge in [-0.3, -0.25) is 0 Å². The maximum absolute atomic E-state index is 13.4. The number of anilines is 3. The van der Waals surface area contributed by atoms with Crippen molar-refractivity contribution in [2.24, 2.45) is 0 Å². The van der Waals surface area contributed by atoms with Gasteiger partial charge >= 0.3 is 0 Å². The second-order valence-corrected chi connectivity index (χ2v) is 5.54. The summed E-state index contributed by atoms with van der Waals surface area (Å²) in [4.78, 5) is 0. The number of nitrogens with one attached hydrogen (secondary N) is 1. The molecule has 0 spiro atoms. The Bertz CT molecular complexity index is 679. The van der Waals surface area contributed by atoms with E-state index in [-0.39, 0.29) is 0 Å². The Labute approximate surface area is 130 Å². The smallest absolute Gasteiger partial charge is 0.163 e. The van der Waals surface area contributed by atoms with Crippen molar-refractivity contribution in [1.82, 2.24) is 0 Å². The van der Waals surface area contributed by atoms with Gasteiger partial charge in [0.25, 0.3) is 0 Å². The molecule has 0 fully saturated rings. The number of hydrogen-bond acceptors (Lipinski definition) is 4. The molecule has 0 atom stereocenters. The van der Waals surface area contributed by atoms with Crippen LogP contribution in [0.3, 0.4) is 0 Å². The Hall–Kier alpha value is -1.95. The van der Waals surface area contributed by atoms with Crippen LogP contribution in [0.15, 0.2) is 34.8 Å². The van der Waals surface area contributed by atoms with Crippen molar-refractivity contribution in [3.05, 3.63) is 40.6 Å². The molecule has 2 aromatic carbocycles. The van der Waals surface area contributed by atoms with Crippen LogP contribution in [0.25, 0.3) is 0 Å². The summed E-state index contributed by atoms with van der Waals surface area (Å²) >= 11 is 3.15.